The average Bonchev–Trinajstić information content (AvgIpc) is 2.13. The zero-order valence-corrected chi connectivity index (χ0v) is 12.1. The van der Waals surface area contributed by atoms with Gasteiger partial charge in [0, 0.05) is 6.04 Å². The summed E-state index contributed by atoms with van der Waals surface area (Å²) >= 11 is 0. The lowest BCUT2D eigenvalue weighted by Crippen LogP contribution is -2.34. The Balaban J connectivity index is 2.92. The topological polar surface area (TPSA) is 66.4 Å². The molecule has 0 radical (unpaired) electrons. The Kier molecular flexibility index (Phi) is 4.90. The number of hydrogen-bond donors (Lipinski definition) is 2. The first-order valence-corrected chi connectivity index (χ1v) is 7.47. The molecule has 4 nitrogen and oxygen atoms in total. The van der Waals surface area contributed by atoms with Gasteiger partial charge in [0.2, 0.25) is 10.0 Å². The second-order valence-electron chi connectivity index (χ2n) is 4.93. The molecule has 0 fully saturated rings. The second-order valence-corrected chi connectivity index (χ2v) is 6.64. The minimum absolute atomic E-state index is 0.275. The van der Waals surface area contributed by atoms with Gasteiger partial charge in [0.05, 0.1) is 11.0 Å². The van der Waals surface area contributed by atoms with E-state index in [1.54, 1.807) is 26.0 Å². The van der Waals surface area contributed by atoms with Gasteiger partial charge in [-0.15, -0.1) is 0 Å². The number of rotatable bonds is 5. The molecule has 2 unspecified atom stereocenters. The fourth-order valence-corrected chi connectivity index (χ4v) is 3.42. The molecule has 0 aliphatic carbocycles. The Morgan fingerprint density at radius 1 is 1.17 bits per heavy atom. The molecular weight excluding hydrogens is 250 g/mol. The number of aliphatic hydroxyl groups excluding tert-OH is 1. The van der Waals surface area contributed by atoms with Crippen LogP contribution in [0.3, 0.4) is 0 Å². The Hall–Kier alpha value is -0.910. The SMILES string of the molecule is Cc1cc(C)cc(S(=O)(=O)NC(C)CC(C)O)c1. The van der Waals surface area contributed by atoms with E-state index in [1.807, 2.05) is 19.9 Å². The molecule has 0 heterocycles. The third-order valence-electron chi connectivity index (χ3n) is 2.56. The summed E-state index contributed by atoms with van der Waals surface area (Å²) in [4.78, 5) is 0.275. The highest BCUT2D eigenvalue weighted by Crippen LogP contribution is 2.15. The monoisotopic (exact) mass is 271 g/mol. The molecule has 18 heavy (non-hydrogen) atoms. The lowest BCUT2D eigenvalue weighted by atomic mass is 10.2. The maximum atomic E-state index is 12.1. The molecule has 2 N–H and O–H groups in total. The van der Waals surface area contributed by atoms with Crippen molar-refractivity contribution in [2.45, 2.75) is 51.2 Å². The van der Waals surface area contributed by atoms with Crippen LogP contribution in [0.1, 0.15) is 31.4 Å². The van der Waals surface area contributed by atoms with E-state index in [0.717, 1.165) is 11.1 Å². The van der Waals surface area contributed by atoms with E-state index >= 15 is 0 Å². The molecule has 0 aromatic heterocycles. The van der Waals surface area contributed by atoms with Gasteiger partial charge in [-0.2, -0.15) is 0 Å². The van der Waals surface area contributed by atoms with Gasteiger partial charge in [0.15, 0.2) is 0 Å². The van der Waals surface area contributed by atoms with Crippen LogP contribution in [0, 0.1) is 13.8 Å². The second kappa shape index (κ2) is 5.82. The van der Waals surface area contributed by atoms with Gasteiger partial charge in [-0.1, -0.05) is 6.07 Å². The minimum Gasteiger partial charge on any atom is -0.393 e. The highest BCUT2D eigenvalue weighted by atomic mass is 32.2. The fraction of sp³-hybridized carbons (Fsp3) is 0.538. The molecule has 1 aromatic carbocycles. The number of benzene rings is 1. The molecule has 0 spiro atoms. The van der Waals surface area contributed by atoms with Crippen molar-refractivity contribution >= 4 is 10.0 Å². The highest BCUT2D eigenvalue weighted by Gasteiger charge is 2.18. The van der Waals surface area contributed by atoms with Gasteiger partial charge < -0.3 is 5.11 Å². The minimum atomic E-state index is -3.51. The Bertz CT molecular complexity index is 489. The van der Waals surface area contributed by atoms with Crippen LogP contribution in [-0.2, 0) is 10.0 Å². The fourth-order valence-electron chi connectivity index (χ4n) is 1.98. The first-order valence-electron chi connectivity index (χ1n) is 5.99. The number of hydrogen-bond acceptors (Lipinski definition) is 3. The first-order chi connectivity index (χ1) is 8.20. The van der Waals surface area contributed by atoms with Crippen molar-refractivity contribution in [2.75, 3.05) is 0 Å². The Labute approximate surface area is 109 Å². The normalized spacial score (nSPS) is 15.4. The summed E-state index contributed by atoms with van der Waals surface area (Å²) < 4.78 is 26.8. The standard InChI is InChI=1S/C13H21NO3S/c1-9-5-10(2)7-13(6-9)18(16,17)14-11(3)8-12(4)15/h5-7,11-12,14-15H,8H2,1-4H3. The quantitative estimate of drug-likeness (QED) is 0.857. The molecule has 1 rings (SSSR count). The summed E-state index contributed by atoms with van der Waals surface area (Å²) in [6, 6.07) is 4.92. The van der Waals surface area contributed by atoms with Crippen LogP contribution in [0.25, 0.3) is 0 Å². The zero-order chi connectivity index (χ0) is 13.9. The zero-order valence-electron chi connectivity index (χ0n) is 11.3. The van der Waals surface area contributed by atoms with Crippen molar-refractivity contribution < 1.29 is 13.5 Å². The maximum Gasteiger partial charge on any atom is 0.240 e. The molecule has 0 saturated carbocycles. The van der Waals surface area contributed by atoms with Crippen LogP contribution in [0.2, 0.25) is 0 Å². The van der Waals surface area contributed by atoms with E-state index < -0.39 is 16.1 Å². The van der Waals surface area contributed by atoms with Crippen molar-refractivity contribution in [2.24, 2.45) is 0 Å². The summed E-state index contributed by atoms with van der Waals surface area (Å²) in [6.07, 6.45) is -0.133. The Morgan fingerprint density at radius 3 is 2.11 bits per heavy atom. The van der Waals surface area contributed by atoms with Crippen molar-refractivity contribution in [3.05, 3.63) is 29.3 Å². The molecule has 0 saturated heterocycles. The largest absolute Gasteiger partial charge is 0.393 e. The molecule has 0 aliphatic heterocycles. The van der Waals surface area contributed by atoms with E-state index in [1.165, 1.54) is 0 Å². The lowest BCUT2D eigenvalue weighted by Gasteiger charge is -2.16. The van der Waals surface area contributed by atoms with Crippen LogP contribution >= 0.6 is 0 Å². The molecular formula is C13H21NO3S. The summed E-state index contributed by atoms with van der Waals surface area (Å²) in [7, 11) is -3.51. The van der Waals surface area contributed by atoms with E-state index in [-0.39, 0.29) is 10.9 Å². The van der Waals surface area contributed by atoms with Crippen molar-refractivity contribution in [1.29, 1.82) is 0 Å². The van der Waals surface area contributed by atoms with Gasteiger partial charge in [-0.25, -0.2) is 13.1 Å². The maximum absolute atomic E-state index is 12.1. The van der Waals surface area contributed by atoms with E-state index in [2.05, 4.69) is 4.72 Å². The van der Waals surface area contributed by atoms with Gasteiger partial charge in [-0.3, -0.25) is 0 Å². The number of sulfonamides is 1. The van der Waals surface area contributed by atoms with E-state index in [4.69, 9.17) is 0 Å². The van der Waals surface area contributed by atoms with Crippen LogP contribution in [0.15, 0.2) is 23.1 Å². The molecule has 2 atom stereocenters. The summed E-state index contributed by atoms with van der Waals surface area (Å²) in [5, 5.41) is 9.24. The van der Waals surface area contributed by atoms with Crippen molar-refractivity contribution in [3.8, 4) is 0 Å². The van der Waals surface area contributed by atoms with Crippen LogP contribution < -0.4 is 4.72 Å². The van der Waals surface area contributed by atoms with Crippen molar-refractivity contribution in [3.63, 3.8) is 0 Å². The van der Waals surface area contributed by atoms with Gasteiger partial charge >= 0.3 is 0 Å². The third kappa shape index (κ3) is 4.40. The van der Waals surface area contributed by atoms with Gasteiger partial charge in [0.25, 0.3) is 0 Å². The summed E-state index contributed by atoms with van der Waals surface area (Å²) in [5.74, 6) is 0. The summed E-state index contributed by atoms with van der Waals surface area (Å²) in [5.41, 5.74) is 1.83. The molecule has 5 heteroatoms. The average molecular weight is 271 g/mol. The predicted octanol–water partition coefficient (Wildman–Crippen LogP) is 1.74. The molecule has 1 aromatic rings. The predicted molar refractivity (Wildman–Crippen MR) is 72.0 cm³/mol. The molecule has 0 bridgehead atoms. The van der Waals surface area contributed by atoms with Gasteiger partial charge in [0.1, 0.15) is 0 Å². The smallest absolute Gasteiger partial charge is 0.240 e. The lowest BCUT2D eigenvalue weighted by molar-refractivity contribution is 0.175. The number of aryl methyl sites for hydroxylation is 2. The molecule has 102 valence electrons. The van der Waals surface area contributed by atoms with E-state index in [0.29, 0.717) is 6.42 Å². The number of nitrogens with one attached hydrogen (secondary N) is 1. The highest BCUT2D eigenvalue weighted by molar-refractivity contribution is 7.89. The first kappa shape index (κ1) is 15.1. The van der Waals surface area contributed by atoms with Crippen LogP contribution in [0.4, 0.5) is 0 Å². The van der Waals surface area contributed by atoms with Crippen LogP contribution in [0.5, 0.6) is 0 Å². The van der Waals surface area contributed by atoms with E-state index in [9.17, 15) is 13.5 Å². The third-order valence-corrected chi connectivity index (χ3v) is 4.13. The molecule has 0 aliphatic rings. The van der Waals surface area contributed by atoms with Gasteiger partial charge in [-0.05, 0) is 57.4 Å². The Morgan fingerprint density at radius 2 is 1.67 bits per heavy atom. The van der Waals surface area contributed by atoms with Crippen molar-refractivity contribution in [1.82, 2.24) is 4.72 Å². The van der Waals surface area contributed by atoms with Crippen LogP contribution in [-0.4, -0.2) is 25.7 Å². The summed E-state index contributed by atoms with van der Waals surface area (Å²) in [6.45, 7) is 7.12. The number of aliphatic hydroxyl groups is 1. The molecule has 0 amide bonds.